The topological polar surface area (TPSA) is 92.4 Å². The van der Waals surface area contributed by atoms with Gasteiger partial charge in [0, 0.05) is 12.0 Å². The summed E-state index contributed by atoms with van der Waals surface area (Å²) in [5.74, 6) is -1.29. The molecule has 0 fully saturated rings. The lowest BCUT2D eigenvalue weighted by atomic mass is 9.94. The van der Waals surface area contributed by atoms with Gasteiger partial charge >= 0.3 is 5.97 Å². The lowest BCUT2D eigenvalue weighted by molar-refractivity contribution is -0.139. The second kappa shape index (κ2) is 9.63. The lowest BCUT2D eigenvalue weighted by Crippen LogP contribution is -2.11. The molecule has 4 N–H and O–H groups in total. The normalized spacial score (nSPS) is 12.0. The highest BCUT2D eigenvalue weighted by molar-refractivity contribution is 6.17. The number of rotatable bonds is 8. The Hall–Kier alpha value is -2.79. The summed E-state index contributed by atoms with van der Waals surface area (Å²) in [5.41, 5.74) is 8.36. The zero-order valence-corrected chi connectivity index (χ0v) is 14.9. The van der Waals surface area contributed by atoms with E-state index in [1.54, 1.807) is 54.6 Å². The largest absolute Gasteiger partial charge is 0.481 e. The van der Waals surface area contributed by atoms with Crippen LogP contribution in [0.3, 0.4) is 0 Å². The zero-order chi connectivity index (χ0) is 18.9. The van der Waals surface area contributed by atoms with Gasteiger partial charge in [-0.05, 0) is 42.2 Å². The molecule has 0 spiro atoms. The van der Waals surface area contributed by atoms with Gasteiger partial charge in [-0.15, -0.1) is 11.6 Å². The van der Waals surface area contributed by atoms with Crippen LogP contribution < -0.4 is 11.1 Å². The van der Waals surface area contributed by atoms with Gasteiger partial charge in [-0.3, -0.25) is 9.59 Å². The van der Waals surface area contributed by atoms with E-state index in [0.717, 1.165) is 11.1 Å². The summed E-state index contributed by atoms with van der Waals surface area (Å²) in [6.07, 6.45) is 4.20. The van der Waals surface area contributed by atoms with Crippen molar-refractivity contribution in [2.24, 2.45) is 0 Å². The van der Waals surface area contributed by atoms with Crippen LogP contribution in [0, 0.1) is 0 Å². The Morgan fingerprint density at radius 1 is 1.15 bits per heavy atom. The SMILES string of the molecule is Nc1ccccc1NC(=O)/C=C/c1ccc(C(CCCCl)C(=O)O)cc1. The summed E-state index contributed by atoms with van der Waals surface area (Å²) < 4.78 is 0. The molecule has 2 rings (SSSR count). The number of alkyl halides is 1. The van der Waals surface area contributed by atoms with Crippen LogP contribution in [0.4, 0.5) is 11.4 Å². The van der Waals surface area contributed by atoms with Gasteiger partial charge in [-0.1, -0.05) is 36.4 Å². The summed E-state index contributed by atoms with van der Waals surface area (Å²) in [4.78, 5) is 23.4. The summed E-state index contributed by atoms with van der Waals surface area (Å²) in [7, 11) is 0. The first-order chi connectivity index (χ1) is 12.5. The number of carbonyl (C=O) groups is 2. The van der Waals surface area contributed by atoms with Gasteiger partial charge < -0.3 is 16.2 Å². The Labute approximate surface area is 157 Å². The number of para-hydroxylation sites is 2. The average molecular weight is 373 g/mol. The Balaban J connectivity index is 2.01. The van der Waals surface area contributed by atoms with Crippen molar-refractivity contribution >= 4 is 40.9 Å². The molecule has 1 amide bonds. The van der Waals surface area contributed by atoms with Crippen molar-refractivity contribution in [3.05, 3.63) is 65.7 Å². The van der Waals surface area contributed by atoms with E-state index in [-0.39, 0.29) is 5.91 Å². The number of nitrogens with one attached hydrogen (secondary N) is 1. The molecule has 0 bridgehead atoms. The number of aliphatic carboxylic acids is 1. The lowest BCUT2D eigenvalue weighted by Gasteiger charge is -2.12. The van der Waals surface area contributed by atoms with Crippen LogP contribution in [0.2, 0.25) is 0 Å². The Morgan fingerprint density at radius 3 is 2.46 bits per heavy atom. The standard InChI is InChI=1S/C20H21ClN2O3/c21-13-3-4-16(20(25)26)15-10-7-14(8-11-15)9-12-19(24)23-18-6-2-1-5-17(18)22/h1-2,5-12,16H,3-4,13,22H2,(H,23,24)(H,25,26)/b12-9+. The van der Waals surface area contributed by atoms with Crippen LogP contribution in [0.15, 0.2) is 54.6 Å². The van der Waals surface area contributed by atoms with E-state index in [1.807, 2.05) is 0 Å². The van der Waals surface area contributed by atoms with Crippen molar-refractivity contribution in [3.63, 3.8) is 0 Å². The van der Waals surface area contributed by atoms with Crippen molar-refractivity contribution in [2.45, 2.75) is 18.8 Å². The molecule has 2 aromatic rings. The molecule has 0 radical (unpaired) electrons. The highest BCUT2D eigenvalue weighted by Crippen LogP contribution is 2.23. The van der Waals surface area contributed by atoms with Gasteiger partial charge in [-0.25, -0.2) is 0 Å². The van der Waals surface area contributed by atoms with Crippen molar-refractivity contribution in [3.8, 4) is 0 Å². The predicted molar refractivity (Wildman–Crippen MR) is 105 cm³/mol. The highest BCUT2D eigenvalue weighted by Gasteiger charge is 2.18. The molecular formula is C20H21ClN2O3. The molecular weight excluding hydrogens is 352 g/mol. The third kappa shape index (κ3) is 5.63. The average Bonchev–Trinajstić information content (AvgIpc) is 2.63. The Bertz CT molecular complexity index is 788. The number of nitrogen functional groups attached to an aromatic ring is 1. The first-order valence-electron chi connectivity index (χ1n) is 8.23. The molecule has 5 nitrogen and oxygen atoms in total. The molecule has 0 aliphatic rings. The van der Waals surface area contributed by atoms with Crippen molar-refractivity contribution < 1.29 is 14.7 Å². The van der Waals surface area contributed by atoms with E-state index in [4.69, 9.17) is 17.3 Å². The summed E-state index contributed by atoms with van der Waals surface area (Å²) in [5, 5.41) is 12.0. The van der Waals surface area contributed by atoms with E-state index in [9.17, 15) is 14.7 Å². The molecule has 0 saturated heterocycles. The number of amides is 1. The maximum atomic E-state index is 12.0. The number of halogens is 1. The molecule has 0 heterocycles. The quantitative estimate of drug-likeness (QED) is 0.369. The third-order valence-corrected chi connectivity index (χ3v) is 4.18. The van der Waals surface area contributed by atoms with E-state index in [2.05, 4.69) is 5.32 Å². The van der Waals surface area contributed by atoms with Gasteiger partial charge in [0.1, 0.15) is 0 Å². The monoisotopic (exact) mass is 372 g/mol. The smallest absolute Gasteiger partial charge is 0.310 e. The molecule has 0 saturated carbocycles. The number of carboxylic acids is 1. The number of nitrogens with two attached hydrogens (primary N) is 1. The van der Waals surface area contributed by atoms with Gasteiger partial charge in [0.25, 0.3) is 0 Å². The van der Waals surface area contributed by atoms with Gasteiger partial charge in [0.05, 0.1) is 17.3 Å². The zero-order valence-electron chi connectivity index (χ0n) is 14.2. The molecule has 1 unspecified atom stereocenters. The molecule has 0 aliphatic heterocycles. The first-order valence-corrected chi connectivity index (χ1v) is 8.77. The third-order valence-electron chi connectivity index (χ3n) is 3.91. The number of carboxylic acid groups (broad SMARTS) is 1. The molecule has 136 valence electrons. The molecule has 26 heavy (non-hydrogen) atoms. The number of benzene rings is 2. The molecule has 0 aliphatic carbocycles. The fourth-order valence-corrected chi connectivity index (χ4v) is 2.66. The number of anilines is 2. The molecule has 6 heteroatoms. The van der Waals surface area contributed by atoms with Crippen LogP contribution in [0.25, 0.3) is 6.08 Å². The maximum absolute atomic E-state index is 12.0. The van der Waals surface area contributed by atoms with E-state index in [1.165, 1.54) is 6.08 Å². The molecule has 1 atom stereocenters. The summed E-state index contributed by atoms with van der Waals surface area (Å²) >= 11 is 5.65. The minimum absolute atomic E-state index is 0.294. The van der Waals surface area contributed by atoms with Crippen LogP contribution in [0.5, 0.6) is 0 Å². The van der Waals surface area contributed by atoms with Gasteiger partial charge in [0.15, 0.2) is 0 Å². The van der Waals surface area contributed by atoms with Crippen molar-refractivity contribution in [2.75, 3.05) is 16.9 Å². The predicted octanol–water partition coefficient (Wildman–Crippen LogP) is 4.11. The Kier molecular flexibility index (Phi) is 7.24. The number of hydrogen-bond donors (Lipinski definition) is 3. The minimum Gasteiger partial charge on any atom is -0.481 e. The van der Waals surface area contributed by atoms with Crippen LogP contribution >= 0.6 is 11.6 Å². The fraction of sp³-hybridized carbons (Fsp3) is 0.200. The van der Waals surface area contributed by atoms with Crippen LogP contribution in [0.1, 0.15) is 29.9 Å². The van der Waals surface area contributed by atoms with E-state index in [0.29, 0.717) is 30.1 Å². The number of hydrogen-bond acceptors (Lipinski definition) is 3. The number of carbonyl (C=O) groups excluding carboxylic acids is 1. The van der Waals surface area contributed by atoms with Crippen molar-refractivity contribution in [1.82, 2.24) is 0 Å². The maximum Gasteiger partial charge on any atom is 0.310 e. The van der Waals surface area contributed by atoms with E-state index >= 15 is 0 Å². The van der Waals surface area contributed by atoms with Crippen molar-refractivity contribution in [1.29, 1.82) is 0 Å². The second-order valence-electron chi connectivity index (χ2n) is 5.80. The summed E-state index contributed by atoms with van der Waals surface area (Å²) in [6.45, 7) is 0. The van der Waals surface area contributed by atoms with Crippen LogP contribution in [-0.2, 0) is 9.59 Å². The molecule has 0 aromatic heterocycles. The fourth-order valence-electron chi connectivity index (χ4n) is 2.51. The Morgan fingerprint density at radius 2 is 1.85 bits per heavy atom. The molecule has 2 aromatic carbocycles. The van der Waals surface area contributed by atoms with Gasteiger partial charge in [-0.2, -0.15) is 0 Å². The highest BCUT2D eigenvalue weighted by atomic mass is 35.5. The second-order valence-corrected chi connectivity index (χ2v) is 6.18. The van der Waals surface area contributed by atoms with E-state index < -0.39 is 11.9 Å². The summed E-state index contributed by atoms with van der Waals surface area (Å²) in [6, 6.07) is 14.1. The minimum atomic E-state index is -0.863. The first kappa shape index (κ1) is 19.5. The van der Waals surface area contributed by atoms with Crippen LogP contribution in [-0.4, -0.2) is 22.9 Å². The van der Waals surface area contributed by atoms with Gasteiger partial charge in [0.2, 0.25) is 5.91 Å².